The van der Waals surface area contributed by atoms with E-state index in [0.29, 0.717) is 49.3 Å². The van der Waals surface area contributed by atoms with Crippen molar-refractivity contribution in [3.05, 3.63) is 70.8 Å². The van der Waals surface area contributed by atoms with Crippen LogP contribution in [0.1, 0.15) is 136 Å². The molecule has 6 aliphatic rings. The molecule has 8 rings (SSSR count). The average molecular weight is 745 g/mol. The number of hydrogen-bond acceptors (Lipinski definition) is 6. The first-order valence-electron chi connectivity index (χ1n) is 20.6. The molecule has 0 radical (unpaired) electrons. The summed E-state index contributed by atoms with van der Waals surface area (Å²) in [4.78, 5) is 30.6. The molecule has 4 N–H and O–H groups in total. The minimum atomic E-state index is -0.0303. The predicted octanol–water partition coefficient (Wildman–Crippen LogP) is 8.65. The molecule has 4 heterocycles. The van der Waals surface area contributed by atoms with Crippen LogP contribution in [-0.2, 0) is 0 Å². The molecule has 282 valence electrons. The molecule has 4 unspecified atom stereocenters. The first-order valence-corrected chi connectivity index (χ1v) is 23.1. The number of fused-ring (bicyclic) bond motifs is 10. The summed E-state index contributed by atoms with van der Waals surface area (Å²) in [6.07, 6.45) is 17.1. The van der Waals surface area contributed by atoms with Gasteiger partial charge in [-0.3, -0.25) is 9.80 Å². The highest BCUT2D eigenvalue weighted by Gasteiger charge is 2.44. The van der Waals surface area contributed by atoms with Gasteiger partial charge in [-0.05, 0) is 137 Å². The summed E-state index contributed by atoms with van der Waals surface area (Å²) in [7, 11) is 3.51. The third-order valence-corrected chi connectivity index (χ3v) is 15.8. The molecule has 4 atom stereocenters. The van der Waals surface area contributed by atoms with E-state index in [0.717, 1.165) is 49.0 Å². The minimum Gasteiger partial charge on any atom is -0.337 e. The lowest BCUT2D eigenvalue weighted by Gasteiger charge is -2.31. The third kappa shape index (κ3) is 8.45. The number of nitrogens with one attached hydrogen (secondary N) is 4. The maximum atomic E-state index is 12.5. The lowest BCUT2D eigenvalue weighted by Crippen LogP contribution is -2.44. The van der Waals surface area contributed by atoms with Gasteiger partial charge in [0.1, 0.15) is 0 Å². The summed E-state index contributed by atoms with van der Waals surface area (Å²) in [5.41, 5.74) is 6.32. The van der Waals surface area contributed by atoms with Crippen molar-refractivity contribution in [2.75, 3.05) is 37.7 Å². The fourth-order valence-electron chi connectivity index (χ4n) is 10.8. The van der Waals surface area contributed by atoms with Crippen LogP contribution in [0.15, 0.2) is 48.5 Å². The Morgan fingerprint density at radius 3 is 1.21 bits per heavy atom. The topological polar surface area (TPSA) is 88.7 Å². The number of benzene rings is 2. The number of hydrogen-bond donors (Lipinski definition) is 4. The number of nitrogens with zero attached hydrogens (tertiary/aromatic N) is 2. The number of amides is 4. The molecule has 10 heteroatoms. The van der Waals surface area contributed by atoms with Gasteiger partial charge in [-0.1, -0.05) is 70.1 Å². The highest BCUT2D eigenvalue weighted by Crippen LogP contribution is 2.54. The van der Waals surface area contributed by atoms with Gasteiger partial charge in [-0.25, -0.2) is 9.59 Å². The Balaban J connectivity index is 0.606. The Hall–Kier alpha value is -2.40. The van der Waals surface area contributed by atoms with E-state index in [-0.39, 0.29) is 12.1 Å². The highest BCUT2D eigenvalue weighted by molar-refractivity contribution is 8.76. The normalized spacial score (nSPS) is 30.5. The zero-order valence-corrected chi connectivity index (χ0v) is 32.5. The van der Waals surface area contributed by atoms with E-state index in [4.69, 9.17) is 0 Å². The molecule has 8 nitrogen and oxygen atoms in total. The molecule has 4 amide bonds. The Morgan fingerprint density at radius 1 is 0.519 bits per heavy atom. The van der Waals surface area contributed by atoms with Crippen molar-refractivity contribution in [3.63, 3.8) is 0 Å². The summed E-state index contributed by atoms with van der Waals surface area (Å²) in [6, 6.07) is 21.3. The quantitative estimate of drug-likeness (QED) is 0.108. The van der Waals surface area contributed by atoms with Crippen molar-refractivity contribution >= 4 is 33.7 Å². The molecule has 4 fully saturated rings. The second-order valence-electron chi connectivity index (χ2n) is 16.4. The van der Waals surface area contributed by atoms with Crippen LogP contribution in [0.5, 0.6) is 0 Å². The van der Waals surface area contributed by atoms with E-state index < -0.39 is 0 Å². The second-order valence-corrected chi connectivity index (χ2v) is 19.1. The minimum absolute atomic E-state index is 0.0303. The number of carbonyl (C=O) groups excluding carboxylic acids is 2. The summed E-state index contributed by atoms with van der Waals surface area (Å²) < 4.78 is 0. The number of urea groups is 2. The Morgan fingerprint density at radius 2 is 0.865 bits per heavy atom. The molecule has 2 saturated carbocycles. The smallest absolute Gasteiger partial charge is 0.315 e. The van der Waals surface area contributed by atoms with Crippen molar-refractivity contribution in [1.82, 2.24) is 31.1 Å². The van der Waals surface area contributed by atoms with Gasteiger partial charge in [0, 0.05) is 60.8 Å². The summed E-state index contributed by atoms with van der Waals surface area (Å²) >= 11 is 0. The molecule has 4 bridgehead atoms. The molecule has 4 aliphatic heterocycles. The largest absolute Gasteiger partial charge is 0.337 e. The summed E-state index contributed by atoms with van der Waals surface area (Å²) in [5, 5.41) is 12.5. The van der Waals surface area contributed by atoms with Crippen LogP contribution in [-0.4, -0.2) is 71.6 Å². The van der Waals surface area contributed by atoms with Crippen molar-refractivity contribution < 1.29 is 9.59 Å². The van der Waals surface area contributed by atoms with Crippen molar-refractivity contribution in [1.29, 1.82) is 0 Å². The van der Waals surface area contributed by atoms with Gasteiger partial charge in [0.05, 0.1) is 0 Å². The van der Waals surface area contributed by atoms with Gasteiger partial charge < -0.3 is 21.3 Å². The van der Waals surface area contributed by atoms with Crippen LogP contribution < -0.4 is 21.3 Å². The second kappa shape index (κ2) is 17.4. The molecular formula is C42H60N6O2S2. The zero-order valence-electron chi connectivity index (χ0n) is 30.9. The van der Waals surface area contributed by atoms with Crippen LogP contribution in [0.3, 0.4) is 0 Å². The lowest BCUT2D eigenvalue weighted by molar-refractivity contribution is 0.185. The average Bonchev–Trinajstić information content (AvgIpc) is 3.94. The van der Waals surface area contributed by atoms with Gasteiger partial charge in [0.2, 0.25) is 0 Å². The molecule has 2 aliphatic carbocycles. The first kappa shape index (κ1) is 36.6. The van der Waals surface area contributed by atoms with E-state index in [1.54, 1.807) is 43.8 Å². The van der Waals surface area contributed by atoms with Crippen LogP contribution in [0.4, 0.5) is 9.59 Å². The Bertz CT molecular complexity index is 1340. The molecule has 52 heavy (non-hydrogen) atoms. The van der Waals surface area contributed by atoms with Crippen LogP contribution in [0, 0.1) is 11.8 Å². The maximum Gasteiger partial charge on any atom is 0.315 e. The van der Waals surface area contributed by atoms with Crippen LogP contribution in [0.25, 0.3) is 0 Å². The molecule has 2 saturated heterocycles. The fraction of sp³-hybridized carbons (Fsp3) is 0.667. The fourth-order valence-corrected chi connectivity index (χ4v) is 12.6. The standard InChI is InChI=1S/C42H60N6O2S2/c49-41(45-31-13-9-29(10-14-31)21-25-47-37-17-18-38(47)34-6-2-1-5-33(34)37)43-23-27-51-52-28-24-44-42(50)46-32-15-11-30(12-16-32)22-26-48-39-19-20-40(48)36-8-4-3-7-35(36)39/h1-8,29-32,37-40H,9-28H2,(H2,43,45,49)(H2,44,46,50). The molecule has 0 spiro atoms. The zero-order chi connectivity index (χ0) is 35.3. The molecular weight excluding hydrogens is 685 g/mol. The maximum absolute atomic E-state index is 12.5. The van der Waals surface area contributed by atoms with Crippen molar-refractivity contribution in [3.8, 4) is 0 Å². The Labute approximate surface area is 319 Å². The van der Waals surface area contributed by atoms with E-state index in [2.05, 4.69) is 79.6 Å². The molecule has 0 aromatic heterocycles. The van der Waals surface area contributed by atoms with Crippen LogP contribution in [0.2, 0.25) is 0 Å². The van der Waals surface area contributed by atoms with Gasteiger partial charge >= 0.3 is 12.1 Å². The van der Waals surface area contributed by atoms with E-state index in [1.807, 2.05) is 0 Å². The molecule has 2 aromatic rings. The van der Waals surface area contributed by atoms with Gasteiger partial charge in [0.15, 0.2) is 0 Å². The van der Waals surface area contributed by atoms with Gasteiger partial charge in [-0.15, -0.1) is 0 Å². The lowest BCUT2D eigenvalue weighted by atomic mass is 9.84. The van der Waals surface area contributed by atoms with Gasteiger partial charge in [-0.2, -0.15) is 0 Å². The van der Waals surface area contributed by atoms with Crippen molar-refractivity contribution in [2.24, 2.45) is 11.8 Å². The van der Waals surface area contributed by atoms with Crippen LogP contribution >= 0.6 is 21.6 Å². The number of carbonyl (C=O) groups is 2. The van der Waals surface area contributed by atoms with Crippen molar-refractivity contribution in [2.45, 2.75) is 126 Å². The first-order chi connectivity index (χ1) is 25.6. The van der Waals surface area contributed by atoms with E-state index in [1.165, 1.54) is 77.3 Å². The van der Waals surface area contributed by atoms with Gasteiger partial charge in [0.25, 0.3) is 0 Å². The molecule has 2 aromatic carbocycles. The monoisotopic (exact) mass is 744 g/mol. The van der Waals surface area contributed by atoms with E-state index in [9.17, 15) is 9.59 Å². The summed E-state index contributed by atoms with van der Waals surface area (Å²) in [6.45, 7) is 3.74. The van der Waals surface area contributed by atoms with E-state index >= 15 is 0 Å². The highest BCUT2D eigenvalue weighted by atomic mass is 33.1. The third-order valence-electron chi connectivity index (χ3n) is 13.4. The Kier molecular flexibility index (Phi) is 12.2. The summed E-state index contributed by atoms with van der Waals surface area (Å²) in [5.74, 6) is 3.27. The predicted molar refractivity (Wildman–Crippen MR) is 214 cm³/mol. The number of rotatable bonds is 15. The SMILES string of the molecule is O=C(NCCSSCCNC(=O)NC1CCC(CCN2C3CCC2c2ccccc23)CC1)NC1CCC(CCN2C3CCC2c2ccccc23)CC1.